The van der Waals surface area contributed by atoms with E-state index in [1.165, 1.54) is 13.2 Å². The predicted molar refractivity (Wildman–Crippen MR) is 111 cm³/mol. The van der Waals surface area contributed by atoms with E-state index in [9.17, 15) is 9.59 Å². The Bertz CT molecular complexity index is 693. The van der Waals surface area contributed by atoms with Crippen molar-refractivity contribution in [3.05, 3.63) is 22.7 Å². The highest BCUT2D eigenvalue weighted by Gasteiger charge is 2.23. The number of rotatable bonds is 10. The number of benzene rings is 1. The molecule has 1 aliphatic rings. The maximum Gasteiger partial charge on any atom is 0.305 e. The van der Waals surface area contributed by atoms with Gasteiger partial charge < -0.3 is 30.2 Å². The lowest BCUT2D eigenvalue weighted by Crippen LogP contribution is -2.45. The van der Waals surface area contributed by atoms with E-state index in [0.29, 0.717) is 41.7 Å². The number of nitrogens with zero attached hydrogens (tertiary/aromatic N) is 1. The van der Waals surface area contributed by atoms with E-state index in [0.717, 1.165) is 38.9 Å². The van der Waals surface area contributed by atoms with Crippen molar-refractivity contribution >= 4 is 29.2 Å². The van der Waals surface area contributed by atoms with Gasteiger partial charge >= 0.3 is 5.97 Å². The van der Waals surface area contributed by atoms with Gasteiger partial charge in [-0.1, -0.05) is 11.6 Å². The normalized spacial score (nSPS) is 15.1. The molecule has 0 atom stereocenters. The molecule has 1 aromatic carbocycles. The number of carbonyl (C=O) groups is 2. The number of piperidine rings is 1. The number of amides is 1. The number of nitrogen functional groups attached to an aromatic ring is 1. The van der Waals surface area contributed by atoms with Crippen molar-refractivity contribution < 1.29 is 23.8 Å². The van der Waals surface area contributed by atoms with Crippen molar-refractivity contribution in [2.45, 2.75) is 31.7 Å². The molecule has 1 aromatic rings. The summed E-state index contributed by atoms with van der Waals surface area (Å²) in [5, 5.41) is 3.37. The minimum absolute atomic E-state index is 0.0822. The van der Waals surface area contributed by atoms with Gasteiger partial charge in [0.15, 0.2) is 0 Å². The average Bonchev–Trinajstić information content (AvgIpc) is 2.71. The van der Waals surface area contributed by atoms with Gasteiger partial charge in [0.05, 0.1) is 30.0 Å². The van der Waals surface area contributed by atoms with Crippen molar-refractivity contribution in [1.29, 1.82) is 0 Å². The van der Waals surface area contributed by atoms with E-state index < -0.39 is 0 Å². The molecule has 0 spiro atoms. The molecular weight excluding hydrogens is 398 g/mol. The van der Waals surface area contributed by atoms with E-state index in [-0.39, 0.29) is 17.9 Å². The highest BCUT2D eigenvalue weighted by Crippen LogP contribution is 2.29. The van der Waals surface area contributed by atoms with Crippen molar-refractivity contribution in [2.24, 2.45) is 0 Å². The van der Waals surface area contributed by atoms with Crippen LogP contribution < -0.4 is 15.8 Å². The Labute approximate surface area is 176 Å². The maximum atomic E-state index is 12.6. The fraction of sp³-hybridized carbons (Fsp3) is 0.600. The first-order valence-corrected chi connectivity index (χ1v) is 10.1. The van der Waals surface area contributed by atoms with Crippen LogP contribution in [0.2, 0.25) is 5.02 Å². The highest BCUT2D eigenvalue weighted by atomic mass is 35.5. The summed E-state index contributed by atoms with van der Waals surface area (Å²) in [5.41, 5.74) is 6.52. The maximum absolute atomic E-state index is 12.6. The van der Waals surface area contributed by atoms with E-state index >= 15 is 0 Å². The van der Waals surface area contributed by atoms with Crippen molar-refractivity contribution in [3.8, 4) is 5.75 Å². The largest absolute Gasteiger partial charge is 0.496 e. The van der Waals surface area contributed by atoms with E-state index in [2.05, 4.69) is 10.2 Å². The van der Waals surface area contributed by atoms with Gasteiger partial charge in [0.25, 0.3) is 5.91 Å². The van der Waals surface area contributed by atoms with E-state index in [1.807, 2.05) is 0 Å². The first-order valence-electron chi connectivity index (χ1n) is 9.75. The number of anilines is 1. The smallest absolute Gasteiger partial charge is 0.305 e. The Kier molecular flexibility index (Phi) is 9.50. The molecule has 1 saturated heterocycles. The summed E-state index contributed by atoms with van der Waals surface area (Å²) < 4.78 is 15.1. The van der Waals surface area contributed by atoms with Gasteiger partial charge in [-0.3, -0.25) is 9.59 Å². The van der Waals surface area contributed by atoms with Gasteiger partial charge in [0, 0.05) is 38.7 Å². The molecule has 3 N–H and O–H groups in total. The molecule has 0 aliphatic carbocycles. The third kappa shape index (κ3) is 7.38. The summed E-state index contributed by atoms with van der Waals surface area (Å²) in [6.45, 7) is 3.28. The molecule has 1 amide bonds. The van der Waals surface area contributed by atoms with Crippen LogP contribution >= 0.6 is 11.6 Å². The van der Waals surface area contributed by atoms with Crippen LogP contribution in [0, 0.1) is 0 Å². The molecular formula is C20H30ClN3O5. The number of nitrogens with one attached hydrogen (secondary N) is 1. The second-order valence-electron chi connectivity index (χ2n) is 6.98. The molecule has 0 saturated carbocycles. The molecule has 8 nitrogen and oxygen atoms in total. The monoisotopic (exact) mass is 427 g/mol. The Morgan fingerprint density at radius 1 is 1.24 bits per heavy atom. The van der Waals surface area contributed by atoms with Crippen LogP contribution in [0.15, 0.2) is 12.1 Å². The summed E-state index contributed by atoms with van der Waals surface area (Å²) in [6, 6.07) is 3.17. The molecule has 29 heavy (non-hydrogen) atoms. The first-order chi connectivity index (χ1) is 13.9. The lowest BCUT2D eigenvalue weighted by atomic mass is 10.0. The van der Waals surface area contributed by atoms with E-state index in [4.69, 9.17) is 31.5 Å². The molecule has 9 heteroatoms. The first kappa shape index (κ1) is 23.3. The average molecular weight is 428 g/mol. The zero-order chi connectivity index (χ0) is 21.2. The Hall–Kier alpha value is -2.03. The molecule has 1 heterocycles. The number of likely N-dealkylation sites (tertiary alicyclic amines) is 1. The third-order valence-electron chi connectivity index (χ3n) is 4.89. The number of hydrogen-bond donors (Lipinski definition) is 2. The Morgan fingerprint density at radius 2 is 1.97 bits per heavy atom. The van der Waals surface area contributed by atoms with Gasteiger partial charge in [-0.25, -0.2) is 0 Å². The van der Waals surface area contributed by atoms with Crippen LogP contribution in [0.3, 0.4) is 0 Å². The number of hydrogen-bond acceptors (Lipinski definition) is 7. The minimum Gasteiger partial charge on any atom is -0.496 e. The minimum atomic E-state index is -0.221. The Morgan fingerprint density at radius 3 is 2.62 bits per heavy atom. The van der Waals surface area contributed by atoms with Crippen LogP contribution in [-0.2, 0) is 14.3 Å². The standard InChI is InChI=1S/C20H30ClN3O5/c1-27-10-11-29-19(25)4-3-7-24-8-5-14(6-9-24)23-20(26)15-12-16(21)17(22)13-18(15)28-2/h12-14H,3-11,22H2,1-2H3,(H,23,26). The summed E-state index contributed by atoms with van der Waals surface area (Å²) in [4.78, 5) is 26.5. The fourth-order valence-electron chi connectivity index (χ4n) is 3.24. The number of carbonyl (C=O) groups excluding carboxylic acids is 2. The van der Waals surface area contributed by atoms with Gasteiger partial charge in [-0.15, -0.1) is 0 Å². The molecule has 0 bridgehead atoms. The van der Waals surface area contributed by atoms with Crippen LogP contribution in [0.1, 0.15) is 36.0 Å². The molecule has 2 rings (SSSR count). The topological polar surface area (TPSA) is 103 Å². The van der Waals surface area contributed by atoms with E-state index in [1.54, 1.807) is 13.2 Å². The number of esters is 1. The number of nitrogens with two attached hydrogens (primary N) is 1. The lowest BCUT2D eigenvalue weighted by Gasteiger charge is -2.32. The summed E-state index contributed by atoms with van der Waals surface area (Å²) in [7, 11) is 3.06. The van der Waals surface area contributed by atoms with Crippen molar-refractivity contribution in [1.82, 2.24) is 10.2 Å². The molecule has 0 aromatic heterocycles. The number of halogens is 1. The van der Waals surface area contributed by atoms with Gasteiger partial charge in [0.1, 0.15) is 12.4 Å². The Balaban J connectivity index is 1.72. The lowest BCUT2D eigenvalue weighted by molar-refractivity contribution is -0.145. The zero-order valence-electron chi connectivity index (χ0n) is 17.0. The molecule has 1 fully saturated rings. The quantitative estimate of drug-likeness (QED) is 0.335. The van der Waals surface area contributed by atoms with Crippen LogP contribution in [-0.4, -0.2) is 69.9 Å². The van der Waals surface area contributed by atoms with Crippen LogP contribution in [0.25, 0.3) is 0 Å². The van der Waals surface area contributed by atoms with Gasteiger partial charge in [0.2, 0.25) is 0 Å². The number of methoxy groups -OCH3 is 2. The predicted octanol–water partition coefficient (Wildman–Crippen LogP) is 2.09. The molecule has 0 radical (unpaired) electrons. The molecule has 0 unspecified atom stereocenters. The van der Waals surface area contributed by atoms with Crippen LogP contribution in [0.4, 0.5) is 5.69 Å². The van der Waals surface area contributed by atoms with Crippen molar-refractivity contribution in [2.75, 3.05) is 52.8 Å². The SMILES string of the molecule is COCCOC(=O)CCCN1CCC(NC(=O)c2cc(Cl)c(N)cc2OC)CC1. The van der Waals surface area contributed by atoms with Crippen molar-refractivity contribution in [3.63, 3.8) is 0 Å². The second kappa shape index (κ2) is 11.8. The number of ether oxygens (including phenoxy) is 3. The fourth-order valence-corrected chi connectivity index (χ4v) is 3.40. The summed E-state index contributed by atoms with van der Waals surface area (Å²) in [6.07, 6.45) is 2.84. The zero-order valence-corrected chi connectivity index (χ0v) is 17.8. The van der Waals surface area contributed by atoms with Crippen LogP contribution in [0.5, 0.6) is 5.75 Å². The van der Waals surface area contributed by atoms with Gasteiger partial charge in [-0.05, 0) is 31.9 Å². The molecule has 162 valence electrons. The molecule has 1 aliphatic heterocycles. The highest BCUT2D eigenvalue weighted by molar-refractivity contribution is 6.33. The second-order valence-corrected chi connectivity index (χ2v) is 7.39. The third-order valence-corrected chi connectivity index (χ3v) is 5.22. The summed E-state index contributed by atoms with van der Waals surface area (Å²) in [5.74, 6) is -0.0134. The summed E-state index contributed by atoms with van der Waals surface area (Å²) >= 11 is 6.05. The van der Waals surface area contributed by atoms with Gasteiger partial charge in [-0.2, -0.15) is 0 Å².